The Kier molecular flexibility index (Phi) is 4.67. The van der Waals surface area contributed by atoms with Crippen molar-refractivity contribution in [2.24, 2.45) is 0 Å². The van der Waals surface area contributed by atoms with Gasteiger partial charge in [-0.2, -0.15) is 0 Å². The van der Waals surface area contributed by atoms with Gasteiger partial charge in [-0.3, -0.25) is 0 Å². The molecular formula is C22H29N3. The Morgan fingerprint density at radius 1 is 1.00 bits per heavy atom. The van der Waals surface area contributed by atoms with Gasteiger partial charge in [-0.05, 0) is 55.9 Å². The normalized spacial score (nSPS) is 18.5. The van der Waals surface area contributed by atoms with Gasteiger partial charge in [-0.25, -0.2) is 0 Å². The number of nitrogen functional groups attached to an aromatic ring is 1. The van der Waals surface area contributed by atoms with E-state index in [-0.39, 0.29) is 0 Å². The maximum atomic E-state index is 6.01. The molecule has 2 N–H and O–H groups in total. The highest BCUT2D eigenvalue weighted by Crippen LogP contribution is 2.34. The second kappa shape index (κ2) is 7.09. The molecule has 1 fully saturated rings. The third kappa shape index (κ3) is 3.67. The highest BCUT2D eigenvalue weighted by molar-refractivity contribution is 5.64. The number of hydrogen-bond donors (Lipinski definition) is 1. The molecule has 3 heteroatoms. The number of likely N-dealkylation sites (tertiary alicyclic amines) is 1. The first-order valence-electron chi connectivity index (χ1n) is 9.62. The van der Waals surface area contributed by atoms with E-state index in [2.05, 4.69) is 53.1 Å². The van der Waals surface area contributed by atoms with Crippen molar-refractivity contribution < 1.29 is 0 Å². The number of nitrogens with zero attached hydrogens (tertiary/aromatic N) is 2. The lowest BCUT2D eigenvalue weighted by Crippen LogP contribution is -2.45. The molecule has 0 radical (unpaired) electrons. The van der Waals surface area contributed by atoms with E-state index in [0.717, 1.165) is 18.7 Å². The zero-order valence-electron chi connectivity index (χ0n) is 15.2. The summed E-state index contributed by atoms with van der Waals surface area (Å²) in [6.07, 6.45) is 4.86. The third-order valence-corrected chi connectivity index (χ3v) is 5.88. The SMILES string of the molecule is Cc1ccc(CCN2CCC(N3CCc4ccc(N)cc43)CC2)cc1. The average Bonchev–Trinajstić information content (AvgIpc) is 3.05. The van der Waals surface area contributed by atoms with E-state index < -0.39 is 0 Å². The fraction of sp³-hybridized carbons (Fsp3) is 0.455. The number of hydrogen-bond acceptors (Lipinski definition) is 3. The van der Waals surface area contributed by atoms with Gasteiger partial charge >= 0.3 is 0 Å². The van der Waals surface area contributed by atoms with Crippen LogP contribution in [-0.4, -0.2) is 37.1 Å². The van der Waals surface area contributed by atoms with E-state index in [1.807, 2.05) is 6.07 Å². The van der Waals surface area contributed by atoms with Crippen LogP contribution in [0.1, 0.15) is 29.5 Å². The Bertz CT molecular complexity index is 715. The van der Waals surface area contributed by atoms with Gasteiger partial charge in [0, 0.05) is 43.6 Å². The van der Waals surface area contributed by atoms with Gasteiger partial charge in [0.2, 0.25) is 0 Å². The first-order valence-corrected chi connectivity index (χ1v) is 9.62. The Balaban J connectivity index is 1.30. The van der Waals surface area contributed by atoms with Crippen molar-refractivity contribution >= 4 is 11.4 Å². The Hall–Kier alpha value is -2.00. The number of nitrogens with two attached hydrogens (primary N) is 1. The zero-order valence-corrected chi connectivity index (χ0v) is 15.2. The Morgan fingerprint density at radius 3 is 2.52 bits per heavy atom. The second-order valence-corrected chi connectivity index (χ2v) is 7.64. The molecule has 4 rings (SSSR count). The van der Waals surface area contributed by atoms with Crippen LogP contribution >= 0.6 is 0 Å². The molecule has 0 spiro atoms. The van der Waals surface area contributed by atoms with E-state index in [9.17, 15) is 0 Å². The molecule has 0 bridgehead atoms. The predicted octanol–water partition coefficient (Wildman–Crippen LogP) is 3.65. The molecule has 0 amide bonds. The molecule has 0 aliphatic carbocycles. The summed E-state index contributed by atoms with van der Waals surface area (Å²) in [6.45, 7) is 6.92. The van der Waals surface area contributed by atoms with Crippen molar-refractivity contribution in [3.63, 3.8) is 0 Å². The van der Waals surface area contributed by atoms with Crippen LogP contribution in [0.5, 0.6) is 0 Å². The fourth-order valence-corrected chi connectivity index (χ4v) is 4.30. The molecule has 2 aromatic carbocycles. The maximum Gasteiger partial charge on any atom is 0.0422 e. The topological polar surface area (TPSA) is 32.5 Å². The van der Waals surface area contributed by atoms with Crippen molar-refractivity contribution in [1.29, 1.82) is 0 Å². The lowest BCUT2D eigenvalue weighted by molar-refractivity contribution is 0.212. The summed E-state index contributed by atoms with van der Waals surface area (Å²) in [7, 11) is 0. The van der Waals surface area contributed by atoms with Crippen molar-refractivity contribution in [3.8, 4) is 0 Å². The minimum atomic E-state index is 0.679. The highest BCUT2D eigenvalue weighted by Gasteiger charge is 2.29. The van der Waals surface area contributed by atoms with Gasteiger partial charge in [0.1, 0.15) is 0 Å². The number of benzene rings is 2. The Morgan fingerprint density at radius 2 is 1.76 bits per heavy atom. The summed E-state index contributed by atoms with van der Waals surface area (Å²) in [5, 5.41) is 0. The second-order valence-electron chi connectivity index (χ2n) is 7.64. The van der Waals surface area contributed by atoms with E-state index in [4.69, 9.17) is 5.73 Å². The molecular weight excluding hydrogens is 306 g/mol. The number of piperidine rings is 1. The number of aryl methyl sites for hydroxylation is 1. The monoisotopic (exact) mass is 335 g/mol. The summed E-state index contributed by atoms with van der Waals surface area (Å²) in [6, 6.07) is 16.1. The summed E-state index contributed by atoms with van der Waals surface area (Å²) >= 11 is 0. The molecule has 0 aromatic heterocycles. The molecule has 25 heavy (non-hydrogen) atoms. The van der Waals surface area contributed by atoms with Crippen molar-refractivity contribution in [2.45, 2.75) is 38.6 Å². The van der Waals surface area contributed by atoms with Gasteiger partial charge in [-0.1, -0.05) is 35.9 Å². The minimum Gasteiger partial charge on any atom is -0.399 e. The third-order valence-electron chi connectivity index (χ3n) is 5.88. The first-order chi connectivity index (χ1) is 12.2. The molecule has 132 valence electrons. The van der Waals surface area contributed by atoms with E-state index in [1.54, 1.807) is 0 Å². The van der Waals surface area contributed by atoms with Crippen molar-refractivity contribution in [3.05, 3.63) is 59.2 Å². The van der Waals surface area contributed by atoms with Gasteiger partial charge < -0.3 is 15.5 Å². The van der Waals surface area contributed by atoms with Crippen molar-refractivity contribution in [2.75, 3.05) is 36.8 Å². The molecule has 2 aromatic rings. The van der Waals surface area contributed by atoms with E-state index in [0.29, 0.717) is 6.04 Å². The standard InChI is InChI=1S/C22H29N3/c1-17-2-4-18(5-3-17)8-12-24-13-10-21(11-14-24)25-15-9-19-6-7-20(23)16-22(19)25/h2-7,16,21H,8-15,23H2,1H3. The Labute approximate surface area is 151 Å². The molecule has 2 heterocycles. The minimum absolute atomic E-state index is 0.679. The van der Waals surface area contributed by atoms with E-state index in [1.165, 1.54) is 61.3 Å². The maximum absolute atomic E-state index is 6.01. The van der Waals surface area contributed by atoms with Crippen LogP contribution in [0.2, 0.25) is 0 Å². The largest absolute Gasteiger partial charge is 0.399 e. The summed E-state index contributed by atoms with van der Waals surface area (Å²) in [5.74, 6) is 0. The van der Waals surface area contributed by atoms with Crippen LogP contribution in [0, 0.1) is 6.92 Å². The fourth-order valence-electron chi connectivity index (χ4n) is 4.30. The van der Waals surface area contributed by atoms with Crippen molar-refractivity contribution in [1.82, 2.24) is 4.90 Å². The smallest absolute Gasteiger partial charge is 0.0422 e. The lowest BCUT2D eigenvalue weighted by Gasteiger charge is -2.38. The van der Waals surface area contributed by atoms with Gasteiger partial charge in [0.05, 0.1) is 0 Å². The molecule has 0 atom stereocenters. The summed E-state index contributed by atoms with van der Waals surface area (Å²) in [5.41, 5.74) is 12.6. The van der Waals surface area contributed by atoms with Crippen LogP contribution in [0.4, 0.5) is 11.4 Å². The molecule has 3 nitrogen and oxygen atoms in total. The molecule has 2 aliphatic heterocycles. The van der Waals surface area contributed by atoms with Crippen LogP contribution in [0.25, 0.3) is 0 Å². The van der Waals surface area contributed by atoms with Crippen LogP contribution in [-0.2, 0) is 12.8 Å². The molecule has 0 unspecified atom stereocenters. The first kappa shape index (κ1) is 16.5. The number of anilines is 2. The summed E-state index contributed by atoms with van der Waals surface area (Å²) < 4.78 is 0. The average molecular weight is 335 g/mol. The van der Waals surface area contributed by atoms with Gasteiger partial charge in [0.15, 0.2) is 0 Å². The molecule has 2 aliphatic rings. The van der Waals surface area contributed by atoms with Gasteiger partial charge in [-0.15, -0.1) is 0 Å². The van der Waals surface area contributed by atoms with Crippen LogP contribution < -0.4 is 10.6 Å². The summed E-state index contributed by atoms with van der Waals surface area (Å²) in [4.78, 5) is 5.25. The van der Waals surface area contributed by atoms with Gasteiger partial charge in [0.25, 0.3) is 0 Å². The quantitative estimate of drug-likeness (QED) is 0.866. The molecule has 0 saturated carbocycles. The number of rotatable bonds is 4. The highest BCUT2D eigenvalue weighted by atomic mass is 15.2. The molecule has 1 saturated heterocycles. The lowest BCUT2D eigenvalue weighted by atomic mass is 10.0. The zero-order chi connectivity index (χ0) is 17.2. The predicted molar refractivity (Wildman–Crippen MR) is 106 cm³/mol. The van der Waals surface area contributed by atoms with Crippen LogP contribution in [0.3, 0.4) is 0 Å². The van der Waals surface area contributed by atoms with Crippen LogP contribution in [0.15, 0.2) is 42.5 Å². The van der Waals surface area contributed by atoms with E-state index >= 15 is 0 Å². The number of fused-ring (bicyclic) bond motifs is 1.